The van der Waals surface area contributed by atoms with Crippen molar-refractivity contribution in [2.24, 2.45) is 11.7 Å². The van der Waals surface area contributed by atoms with Gasteiger partial charge in [-0.05, 0) is 49.1 Å². The fourth-order valence-electron chi connectivity index (χ4n) is 3.79. The summed E-state index contributed by atoms with van der Waals surface area (Å²) >= 11 is 0. The Labute approximate surface area is 177 Å². The first-order valence-corrected chi connectivity index (χ1v) is 11.1. The third-order valence-electron chi connectivity index (χ3n) is 5.58. The molecule has 1 aliphatic carbocycles. The molecule has 2 aromatic carbocycles. The van der Waals surface area contributed by atoms with Gasteiger partial charge in [0, 0.05) is 30.6 Å². The molecule has 1 amide bonds. The molecule has 0 radical (unpaired) electrons. The first-order valence-electron chi connectivity index (χ1n) is 9.65. The standard InChI is InChI=1S/C21H25N3O3S.ClH/c22-12-17-13-24(14-20(17)15-5-2-1-3-6-15)28(26,27)19-8-4-7-16(11-19)21(25)23-18-9-10-18;/h1-8,11,17-18,20H,9-10,12-14,22H2,(H,23,25);1H/t17-,20+;/m1./s1. The molecule has 1 saturated heterocycles. The molecule has 0 aromatic heterocycles. The Bertz CT molecular complexity index is 964. The van der Waals surface area contributed by atoms with E-state index < -0.39 is 10.0 Å². The van der Waals surface area contributed by atoms with E-state index in [1.807, 2.05) is 30.3 Å². The van der Waals surface area contributed by atoms with Gasteiger partial charge >= 0.3 is 0 Å². The molecule has 6 nitrogen and oxygen atoms in total. The van der Waals surface area contributed by atoms with E-state index in [4.69, 9.17) is 5.73 Å². The largest absolute Gasteiger partial charge is 0.349 e. The Hall–Kier alpha value is -1.93. The zero-order valence-electron chi connectivity index (χ0n) is 16.0. The van der Waals surface area contributed by atoms with Crippen LogP contribution in [0, 0.1) is 5.92 Å². The van der Waals surface area contributed by atoms with Gasteiger partial charge in [0.15, 0.2) is 0 Å². The number of benzene rings is 2. The van der Waals surface area contributed by atoms with Crippen molar-refractivity contribution >= 4 is 28.3 Å². The van der Waals surface area contributed by atoms with E-state index in [1.54, 1.807) is 18.2 Å². The van der Waals surface area contributed by atoms with E-state index >= 15 is 0 Å². The van der Waals surface area contributed by atoms with Crippen LogP contribution < -0.4 is 11.1 Å². The Morgan fingerprint density at radius 3 is 2.45 bits per heavy atom. The molecule has 1 saturated carbocycles. The summed E-state index contributed by atoms with van der Waals surface area (Å²) in [6, 6.07) is 16.4. The summed E-state index contributed by atoms with van der Waals surface area (Å²) in [5, 5.41) is 2.90. The second-order valence-electron chi connectivity index (χ2n) is 7.61. The average molecular weight is 436 g/mol. The van der Waals surface area contributed by atoms with Gasteiger partial charge in [-0.2, -0.15) is 4.31 Å². The quantitative estimate of drug-likeness (QED) is 0.728. The lowest BCUT2D eigenvalue weighted by molar-refractivity contribution is 0.0951. The second kappa shape index (κ2) is 8.83. The summed E-state index contributed by atoms with van der Waals surface area (Å²) in [5.74, 6) is -0.0798. The molecule has 2 aliphatic rings. The van der Waals surface area contributed by atoms with Crippen LogP contribution in [0.15, 0.2) is 59.5 Å². The molecule has 2 aromatic rings. The van der Waals surface area contributed by atoms with E-state index in [-0.39, 0.29) is 41.1 Å². The molecule has 0 spiro atoms. The Balaban J connectivity index is 0.00000240. The lowest BCUT2D eigenvalue weighted by Gasteiger charge is -2.17. The van der Waals surface area contributed by atoms with Crippen molar-refractivity contribution in [1.82, 2.24) is 9.62 Å². The van der Waals surface area contributed by atoms with Gasteiger partial charge in [0.2, 0.25) is 10.0 Å². The number of halogens is 1. The van der Waals surface area contributed by atoms with Gasteiger partial charge < -0.3 is 11.1 Å². The molecular weight excluding hydrogens is 410 g/mol. The molecule has 4 rings (SSSR count). The number of nitrogens with zero attached hydrogens (tertiary/aromatic N) is 1. The molecule has 1 aliphatic heterocycles. The number of carbonyl (C=O) groups is 1. The smallest absolute Gasteiger partial charge is 0.251 e. The normalized spacial score (nSPS) is 22.1. The number of amides is 1. The van der Waals surface area contributed by atoms with Gasteiger partial charge in [-0.1, -0.05) is 36.4 Å². The van der Waals surface area contributed by atoms with Crippen LogP contribution >= 0.6 is 12.4 Å². The monoisotopic (exact) mass is 435 g/mol. The second-order valence-corrected chi connectivity index (χ2v) is 9.55. The van der Waals surface area contributed by atoms with E-state index in [0.717, 1.165) is 18.4 Å². The van der Waals surface area contributed by atoms with Crippen LogP contribution in [-0.2, 0) is 10.0 Å². The minimum absolute atomic E-state index is 0. The van der Waals surface area contributed by atoms with E-state index in [9.17, 15) is 13.2 Å². The number of nitrogens with two attached hydrogens (primary N) is 1. The highest BCUT2D eigenvalue weighted by Gasteiger charge is 2.39. The van der Waals surface area contributed by atoms with Crippen LogP contribution in [-0.4, -0.2) is 44.3 Å². The summed E-state index contributed by atoms with van der Waals surface area (Å²) in [4.78, 5) is 12.4. The Morgan fingerprint density at radius 2 is 1.79 bits per heavy atom. The lowest BCUT2D eigenvalue weighted by atomic mass is 9.89. The predicted octanol–water partition coefficient (Wildman–Crippen LogP) is 2.36. The van der Waals surface area contributed by atoms with Gasteiger partial charge in [-0.25, -0.2) is 8.42 Å². The van der Waals surface area contributed by atoms with Gasteiger partial charge in [0.05, 0.1) is 4.90 Å². The molecule has 0 bridgehead atoms. The molecule has 3 N–H and O–H groups in total. The van der Waals surface area contributed by atoms with Crippen LogP contribution in [0.25, 0.3) is 0 Å². The van der Waals surface area contributed by atoms with Crippen molar-refractivity contribution in [2.45, 2.75) is 29.7 Å². The molecular formula is C21H26ClN3O3S. The highest BCUT2D eigenvalue weighted by molar-refractivity contribution is 7.89. The zero-order valence-corrected chi connectivity index (χ0v) is 17.7. The van der Waals surface area contributed by atoms with Crippen molar-refractivity contribution in [3.63, 3.8) is 0 Å². The van der Waals surface area contributed by atoms with Crippen molar-refractivity contribution < 1.29 is 13.2 Å². The minimum Gasteiger partial charge on any atom is -0.349 e. The van der Waals surface area contributed by atoms with Crippen molar-refractivity contribution in [1.29, 1.82) is 0 Å². The average Bonchev–Trinajstić information content (AvgIpc) is 3.42. The maximum Gasteiger partial charge on any atom is 0.251 e. The molecule has 2 atom stereocenters. The zero-order chi connectivity index (χ0) is 19.7. The summed E-state index contributed by atoms with van der Waals surface area (Å²) in [5.41, 5.74) is 7.43. The maximum atomic E-state index is 13.2. The topological polar surface area (TPSA) is 92.5 Å². The molecule has 2 fully saturated rings. The van der Waals surface area contributed by atoms with Crippen LogP contribution in [0.4, 0.5) is 0 Å². The lowest BCUT2D eigenvalue weighted by Crippen LogP contribution is -2.30. The highest BCUT2D eigenvalue weighted by Crippen LogP contribution is 2.35. The molecule has 29 heavy (non-hydrogen) atoms. The van der Waals surface area contributed by atoms with Gasteiger partial charge in [-0.15, -0.1) is 12.4 Å². The highest BCUT2D eigenvalue weighted by atomic mass is 35.5. The Kier molecular flexibility index (Phi) is 6.63. The summed E-state index contributed by atoms with van der Waals surface area (Å²) < 4.78 is 28.0. The maximum absolute atomic E-state index is 13.2. The van der Waals surface area contributed by atoms with E-state index in [0.29, 0.717) is 25.2 Å². The fourth-order valence-corrected chi connectivity index (χ4v) is 5.36. The third kappa shape index (κ3) is 4.64. The predicted molar refractivity (Wildman–Crippen MR) is 115 cm³/mol. The number of carbonyl (C=O) groups excluding carboxylic acids is 1. The number of hydrogen-bond acceptors (Lipinski definition) is 4. The van der Waals surface area contributed by atoms with Crippen LogP contribution in [0.5, 0.6) is 0 Å². The molecule has 8 heteroatoms. The van der Waals surface area contributed by atoms with E-state index in [1.165, 1.54) is 10.4 Å². The van der Waals surface area contributed by atoms with Crippen molar-refractivity contribution in [2.75, 3.05) is 19.6 Å². The van der Waals surface area contributed by atoms with Crippen LogP contribution in [0.2, 0.25) is 0 Å². The van der Waals surface area contributed by atoms with Crippen LogP contribution in [0.1, 0.15) is 34.7 Å². The number of hydrogen-bond donors (Lipinski definition) is 2. The van der Waals surface area contributed by atoms with Gasteiger partial charge in [0.1, 0.15) is 0 Å². The van der Waals surface area contributed by atoms with E-state index in [2.05, 4.69) is 5.32 Å². The number of nitrogens with one attached hydrogen (secondary N) is 1. The fraction of sp³-hybridized carbons (Fsp3) is 0.381. The van der Waals surface area contributed by atoms with Gasteiger partial charge in [0.25, 0.3) is 5.91 Å². The van der Waals surface area contributed by atoms with Crippen molar-refractivity contribution in [3.8, 4) is 0 Å². The third-order valence-corrected chi connectivity index (χ3v) is 7.41. The molecule has 0 unspecified atom stereocenters. The first kappa shape index (κ1) is 21.8. The number of sulfonamides is 1. The minimum atomic E-state index is -3.69. The number of rotatable bonds is 6. The Morgan fingerprint density at radius 1 is 1.07 bits per heavy atom. The molecule has 156 valence electrons. The summed E-state index contributed by atoms with van der Waals surface area (Å²) in [7, 11) is -3.69. The van der Waals surface area contributed by atoms with Crippen molar-refractivity contribution in [3.05, 3.63) is 65.7 Å². The summed E-state index contributed by atoms with van der Waals surface area (Å²) in [6.45, 7) is 1.21. The summed E-state index contributed by atoms with van der Waals surface area (Å²) in [6.07, 6.45) is 1.97. The first-order chi connectivity index (χ1) is 13.5. The van der Waals surface area contributed by atoms with Gasteiger partial charge in [-0.3, -0.25) is 4.79 Å². The SMILES string of the molecule is Cl.NC[C@@H]1CN(S(=O)(=O)c2cccc(C(=O)NC3CC3)c2)C[C@H]1c1ccccc1. The van der Waals surface area contributed by atoms with Crippen LogP contribution in [0.3, 0.4) is 0 Å². The molecule has 1 heterocycles.